The molecule has 4 atom stereocenters. The van der Waals surface area contributed by atoms with Crippen LogP contribution >= 0.6 is 0 Å². The van der Waals surface area contributed by atoms with Crippen LogP contribution in [0.4, 0.5) is 16.2 Å². The van der Waals surface area contributed by atoms with E-state index in [2.05, 4.69) is 10.6 Å². The number of nitrogens with one attached hydrogen (secondary N) is 2. The van der Waals surface area contributed by atoms with E-state index in [9.17, 15) is 39.5 Å². The SMILES string of the molecule is COc1cc(C2NC(CCCNC(N)=O)(C(=O)O)C3C(=O)N(c4cccc([N+](=O)[O-])c4)C(=O)C23)ccc1O. The van der Waals surface area contributed by atoms with Crippen molar-refractivity contribution in [1.29, 1.82) is 0 Å². The number of carbonyl (C=O) groups is 4. The summed E-state index contributed by atoms with van der Waals surface area (Å²) in [7, 11) is 1.32. The van der Waals surface area contributed by atoms with E-state index >= 15 is 0 Å². The largest absolute Gasteiger partial charge is 0.504 e. The van der Waals surface area contributed by atoms with Crippen LogP contribution in [-0.2, 0) is 14.4 Å². The molecule has 14 nitrogen and oxygen atoms in total. The number of carboxylic acids is 1. The second-order valence-corrected chi connectivity index (χ2v) is 9.02. The number of rotatable bonds is 9. The molecule has 6 N–H and O–H groups in total. The van der Waals surface area contributed by atoms with Crippen LogP contribution in [0.5, 0.6) is 11.5 Å². The Bertz CT molecular complexity index is 1330. The Kier molecular flexibility index (Phi) is 6.91. The van der Waals surface area contributed by atoms with E-state index in [-0.39, 0.29) is 42.3 Å². The molecule has 4 unspecified atom stereocenters. The topological polar surface area (TPSA) is 214 Å². The molecule has 2 aliphatic heterocycles. The van der Waals surface area contributed by atoms with Gasteiger partial charge in [0.2, 0.25) is 11.8 Å². The summed E-state index contributed by atoms with van der Waals surface area (Å²) in [6, 6.07) is 7.40. The minimum absolute atomic E-state index is 0.0257. The summed E-state index contributed by atoms with van der Waals surface area (Å²) in [5.41, 5.74) is 3.14. The molecule has 38 heavy (non-hydrogen) atoms. The van der Waals surface area contributed by atoms with Crippen molar-refractivity contribution in [2.24, 2.45) is 17.6 Å². The predicted molar refractivity (Wildman–Crippen MR) is 130 cm³/mol. The molecule has 2 aromatic carbocycles. The van der Waals surface area contributed by atoms with Crippen molar-refractivity contribution < 1.29 is 39.1 Å². The van der Waals surface area contributed by atoms with Gasteiger partial charge in [0.05, 0.1) is 29.6 Å². The van der Waals surface area contributed by atoms with Gasteiger partial charge in [-0.3, -0.25) is 29.8 Å². The third kappa shape index (κ3) is 4.34. The molecule has 0 aliphatic carbocycles. The van der Waals surface area contributed by atoms with Crippen LogP contribution in [0, 0.1) is 22.0 Å². The van der Waals surface area contributed by atoms with Crippen molar-refractivity contribution >= 4 is 35.2 Å². The Morgan fingerprint density at radius 2 is 1.97 bits per heavy atom. The number of primary amides is 1. The number of ether oxygens (including phenoxy) is 1. The first kappa shape index (κ1) is 26.3. The van der Waals surface area contributed by atoms with Gasteiger partial charge in [-0.25, -0.2) is 9.69 Å². The molecule has 0 bridgehead atoms. The van der Waals surface area contributed by atoms with Gasteiger partial charge in [0.25, 0.3) is 5.69 Å². The standard InChI is InChI=1S/C24H25N5O9/c1-38-16-10-12(6-7-15(16)30)19-17-18(24(27-19,22(33)34)8-3-9-26-23(25)35)21(32)28(20(17)31)13-4-2-5-14(11-13)29(36)37/h2,4-7,10-11,17-19,27,30H,3,8-9H2,1H3,(H,33,34)(H3,25,26,35). The number of aromatic hydroxyl groups is 1. The van der Waals surface area contributed by atoms with E-state index in [1.165, 1.54) is 43.5 Å². The molecule has 14 heteroatoms. The van der Waals surface area contributed by atoms with Crippen molar-refractivity contribution in [3.05, 3.63) is 58.1 Å². The highest BCUT2D eigenvalue weighted by Gasteiger charge is 2.68. The molecule has 0 saturated carbocycles. The normalized spacial score (nSPS) is 24.2. The molecule has 2 aromatic rings. The number of carboxylic acid groups (broad SMARTS) is 1. The first-order valence-electron chi connectivity index (χ1n) is 11.6. The number of non-ortho nitro benzene ring substituents is 1. The van der Waals surface area contributed by atoms with E-state index in [1.54, 1.807) is 0 Å². The lowest BCUT2D eigenvalue weighted by atomic mass is 9.77. The van der Waals surface area contributed by atoms with Crippen LogP contribution < -0.4 is 26.0 Å². The molecular weight excluding hydrogens is 502 g/mol. The molecule has 0 radical (unpaired) electrons. The lowest BCUT2D eigenvalue weighted by Crippen LogP contribution is -2.56. The Labute approximate surface area is 215 Å². The van der Waals surface area contributed by atoms with Crippen LogP contribution in [0.15, 0.2) is 42.5 Å². The quantitative estimate of drug-likeness (QED) is 0.135. The molecule has 2 aliphatic rings. The number of imide groups is 1. The molecule has 4 rings (SSSR count). The summed E-state index contributed by atoms with van der Waals surface area (Å²) >= 11 is 0. The van der Waals surface area contributed by atoms with Gasteiger partial charge in [-0.15, -0.1) is 0 Å². The summed E-state index contributed by atoms with van der Waals surface area (Å²) in [6.07, 6.45) is -0.0490. The third-order valence-corrected chi connectivity index (χ3v) is 6.94. The maximum atomic E-state index is 13.8. The zero-order valence-corrected chi connectivity index (χ0v) is 20.1. The molecule has 2 saturated heterocycles. The highest BCUT2D eigenvalue weighted by atomic mass is 16.6. The fourth-order valence-electron chi connectivity index (χ4n) is 5.29. The lowest BCUT2D eigenvalue weighted by molar-refractivity contribution is -0.384. The zero-order chi connectivity index (χ0) is 27.8. The smallest absolute Gasteiger partial charge is 0.324 e. The zero-order valence-electron chi connectivity index (χ0n) is 20.1. The van der Waals surface area contributed by atoms with Crippen molar-refractivity contribution in [3.63, 3.8) is 0 Å². The van der Waals surface area contributed by atoms with Crippen LogP contribution in [0.2, 0.25) is 0 Å². The van der Waals surface area contributed by atoms with Gasteiger partial charge in [0.1, 0.15) is 5.54 Å². The predicted octanol–water partition coefficient (Wildman–Crippen LogP) is 1.03. The average Bonchev–Trinajstić information content (AvgIpc) is 3.36. The summed E-state index contributed by atoms with van der Waals surface area (Å²) in [5, 5.41) is 37.1. The van der Waals surface area contributed by atoms with E-state index < -0.39 is 52.2 Å². The number of aliphatic carboxylic acids is 1. The average molecular weight is 527 g/mol. The van der Waals surface area contributed by atoms with Gasteiger partial charge >= 0.3 is 12.0 Å². The van der Waals surface area contributed by atoms with Gasteiger partial charge in [-0.1, -0.05) is 12.1 Å². The highest BCUT2D eigenvalue weighted by Crippen LogP contribution is 2.52. The number of carbonyl (C=O) groups excluding carboxylic acids is 3. The summed E-state index contributed by atoms with van der Waals surface area (Å²) < 4.78 is 5.16. The molecule has 4 amide bonds. The maximum Gasteiger partial charge on any atom is 0.324 e. The van der Waals surface area contributed by atoms with Crippen LogP contribution in [-0.4, -0.2) is 58.1 Å². The summed E-state index contributed by atoms with van der Waals surface area (Å²) in [6.45, 7) is 0.0257. The van der Waals surface area contributed by atoms with Crippen molar-refractivity contribution in [1.82, 2.24) is 10.6 Å². The number of nitro benzene ring substituents is 1. The highest BCUT2D eigenvalue weighted by molar-refractivity contribution is 6.24. The Hall–Kier alpha value is -4.72. The van der Waals surface area contributed by atoms with Crippen molar-refractivity contribution in [2.45, 2.75) is 24.4 Å². The fraction of sp³-hybridized carbons (Fsp3) is 0.333. The van der Waals surface area contributed by atoms with Crippen LogP contribution in [0.3, 0.4) is 0 Å². The number of anilines is 1. The summed E-state index contributed by atoms with van der Waals surface area (Å²) in [4.78, 5) is 62.8. The number of nitrogens with two attached hydrogens (primary N) is 1. The number of phenols is 1. The van der Waals surface area contributed by atoms with E-state index in [0.29, 0.717) is 5.56 Å². The minimum Gasteiger partial charge on any atom is -0.504 e. The maximum absolute atomic E-state index is 13.8. The number of urea groups is 1. The Morgan fingerprint density at radius 1 is 1.24 bits per heavy atom. The number of hydrogen-bond donors (Lipinski definition) is 5. The molecule has 2 fully saturated rings. The lowest BCUT2D eigenvalue weighted by Gasteiger charge is -2.31. The first-order chi connectivity index (χ1) is 18.0. The number of amides is 4. The fourth-order valence-corrected chi connectivity index (χ4v) is 5.29. The number of phenolic OH excluding ortho intramolecular Hbond substituents is 1. The second kappa shape index (κ2) is 9.97. The van der Waals surface area contributed by atoms with Gasteiger partial charge in [0.15, 0.2) is 11.5 Å². The van der Waals surface area contributed by atoms with Gasteiger partial charge in [0, 0.05) is 24.7 Å². The van der Waals surface area contributed by atoms with E-state index in [0.717, 1.165) is 11.0 Å². The molecule has 0 aromatic heterocycles. The van der Waals surface area contributed by atoms with Crippen LogP contribution in [0.1, 0.15) is 24.4 Å². The van der Waals surface area contributed by atoms with Gasteiger partial charge < -0.3 is 26.0 Å². The first-order valence-corrected chi connectivity index (χ1v) is 11.6. The van der Waals surface area contributed by atoms with Gasteiger partial charge in [-0.2, -0.15) is 0 Å². The molecule has 200 valence electrons. The number of nitro groups is 1. The number of methoxy groups -OCH3 is 1. The number of hydrogen-bond acceptors (Lipinski definition) is 9. The van der Waals surface area contributed by atoms with E-state index in [1.807, 2.05) is 0 Å². The van der Waals surface area contributed by atoms with Crippen molar-refractivity contribution in [3.8, 4) is 11.5 Å². The number of benzene rings is 2. The monoisotopic (exact) mass is 527 g/mol. The third-order valence-electron chi connectivity index (χ3n) is 6.94. The Balaban J connectivity index is 1.82. The summed E-state index contributed by atoms with van der Waals surface area (Å²) in [5.74, 6) is -5.63. The van der Waals surface area contributed by atoms with Crippen molar-refractivity contribution in [2.75, 3.05) is 18.6 Å². The van der Waals surface area contributed by atoms with E-state index in [4.69, 9.17) is 10.5 Å². The van der Waals surface area contributed by atoms with Gasteiger partial charge in [-0.05, 0) is 36.6 Å². The van der Waals surface area contributed by atoms with Crippen LogP contribution in [0.25, 0.3) is 0 Å². The molecular formula is C24H25N5O9. The second-order valence-electron chi connectivity index (χ2n) is 9.02. The number of nitrogens with zero attached hydrogens (tertiary/aromatic N) is 2. The molecule has 0 spiro atoms. The molecule has 2 heterocycles. The minimum atomic E-state index is -1.93. The Morgan fingerprint density at radius 3 is 2.61 bits per heavy atom. The number of fused-ring (bicyclic) bond motifs is 1.